The Morgan fingerprint density at radius 1 is 1.12 bits per heavy atom. The average molecular weight is 219 g/mol. The summed E-state index contributed by atoms with van der Waals surface area (Å²) in [7, 11) is 0. The second-order valence-corrected chi connectivity index (χ2v) is 5.31. The molecule has 0 heterocycles. The second-order valence-electron chi connectivity index (χ2n) is 5.31. The van der Waals surface area contributed by atoms with E-state index in [9.17, 15) is 0 Å². The number of rotatable bonds is 5. The van der Waals surface area contributed by atoms with Crippen LogP contribution in [0.25, 0.3) is 0 Å². The summed E-state index contributed by atoms with van der Waals surface area (Å²) in [6.07, 6.45) is 2.36. The molecule has 1 unspecified atom stereocenters. The lowest BCUT2D eigenvalue weighted by Gasteiger charge is -2.19. The Morgan fingerprint density at radius 2 is 1.69 bits per heavy atom. The summed E-state index contributed by atoms with van der Waals surface area (Å²) in [6.45, 7) is 9.74. The fourth-order valence-corrected chi connectivity index (χ4v) is 2.39. The highest BCUT2D eigenvalue weighted by Crippen LogP contribution is 2.21. The fourth-order valence-electron chi connectivity index (χ4n) is 2.39. The van der Waals surface area contributed by atoms with Gasteiger partial charge in [-0.2, -0.15) is 0 Å². The van der Waals surface area contributed by atoms with Crippen molar-refractivity contribution in [1.29, 1.82) is 0 Å². The lowest BCUT2D eigenvalue weighted by Crippen LogP contribution is -2.19. The third-order valence-electron chi connectivity index (χ3n) is 3.28. The van der Waals surface area contributed by atoms with E-state index in [2.05, 4.69) is 45.9 Å². The van der Waals surface area contributed by atoms with Crippen LogP contribution in [-0.4, -0.2) is 6.54 Å². The molecular formula is C15H25N. The maximum Gasteiger partial charge on any atom is -0.00456 e. The minimum absolute atomic E-state index is 0.625. The molecule has 1 heteroatoms. The quantitative estimate of drug-likeness (QED) is 0.806. The van der Waals surface area contributed by atoms with Crippen LogP contribution in [-0.2, 0) is 6.42 Å². The van der Waals surface area contributed by atoms with Crippen LogP contribution in [0.15, 0.2) is 18.2 Å². The zero-order valence-electron chi connectivity index (χ0n) is 11.1. The van der Waals surface area contributed by atoms with Gasteiger partial charge in [-0.1, -0.05) is 32.0 Å². The van der Waals surface area contributed by atoms with Crippen LogP contribution in [0.3, 0.4) is 0 Å². The first-order chi connectivity index (χ1) is 7.54. The maximum absolute atomic E-state index is 5.87. The van der Waals surface area contributed by atoms with Gasteiger partial charge < -0.3 is 5.73 Å². The van der Waals surface area contributed by atoms with Gasteiger partial charge in [0.1, 0.15) is 0 Å². The smallest absolute Gasteiger partial charge is 0.00456 e. The van der Waals surface area contributed by atoms with Gasteiger partial charge in [0.2, 0.25) is 0 Å². The average Bonchev–Trinajstić information content (AvgIpc) is 2.21. The molecule has 0 amide bonds. The molecule has 16 heavy (non-hydrogen) atoms. The first-order valence-electron chi connectivity index (χ1n) is 6.29. The Labute approximate surface area is 100 Å². The number of benzene rings is 1. The molecule has 1 aromatic carbocycles. The van der Waals surface area contributed by atoms with Crippen molar-refractivity contribution in [3.05, 3.63) is 34.9 Å². The highest BCUT2D eigenvalue weighted by Gasteiger charge is 2.12. The van der Waals surface area contributed by atoms with Gasteiger partial charge in [-0.05, 0) is 61.8 Å². The molecule has 0 aliphatic rings. The van der Waals surface area contributed by atoms with Crippen LogP contribution in [0.1, 0.15) is 37.0 Å². The van der Waals surface area contributed by atoms with Crippen molar-refractivity contribution in [2.75, 3.05) is 6.54 Å². The topological polar surface area (TPSA) is 26.0 Å². The SMILES string of the molecule is Cc1cccc(C)c1CC(CN)CC(C)C. The van der Waals surface area contributed by atoms with Gasteiger partial charge in [0.15, 0.2) is 0 Å². The predicted molar refractivity (Wildman–Crippen MR) is 71.6 cm³/mol. The van der Waals surface area contributed by atoms with Crippen molar-refractivity contribution in [3.63, 3.8) is 0 Å². The summed E-state index contributed by atoms with van der Waals surface area (Å²) >= 11 is 0. The van der Waals surface area contributed by atoms with E-state index >= 15 is 0 Å². The molecule has 1 nitrogen and oxygen atoms in total. The van der Waals surface area contributed by atoms with Crippen molar-refractivity contribution in [3.8, 4) is 0 Å². The molecule has 0 aliphatic carbocycles. The largest absolute Gasteiger partial charge is 0.330 e. The molecule has 0 aromatic heterocycles. The molecule has 0 fully saturated rings. The van der Waals surface area contributed by atoms with Crippen LogP contribution in [0, 0.1) is 25.7 Å². The highest BCUT2D eigenvalue weighted by atomic mass is 14.5. The summed E-state index contributed by atoms with van der Waals surface area (Å²) in [6, 6.07) is 6.53. The van der Waals surface area contributed by atoms with Gasteiger partial charge in [-0.25, -0.2) is 0 Å². The van der Waals surface area contributed by atoms with E-state index < -0.39 is 0 Å². The van der Waals surface area contributed by atoms with Crippen molar-refractivity contribution in [1.82, 2.24) is 0 Å². The standard InChI is InChI=1S/C15H25N/c1-11(2)8-14(10-16)9-15-12(3)6-5-7-13(15)4/h5-7,11,14H,8-10,16H2,1-4H3. The first-order valence-corrected chi connectivity index (χ1v) is 6.29. The molecule has 0 radical (unpaired) electrons. The number of hydrogen-bond acceptors (Lipinski definition) is 1. The van der Waals surface area contributed by atoms with E-state index in [4.69, 9.17) is 5.73 Å². The van der Waals surface area contributed by atoms with E-state index in [1.807, 2.05) is 0 Å². The Bertz CT molecular complexity index is 308. The van der Waals surface area contributed by atoms with Gasteiger partial charge >= 0.3 is 0 Å². The third kappa shape index (κ3) is 3.64. The summed E-state index contributed by atoms with van der Waals surface area (Å²) in [5.41, 5.74) is 10.2. The number of nitrogens with two attached hydrogens (primary N) is 1. The lowest BCUT2D eigenvalue weighted by atomic mass is 9.88. The Balaban J connectivity index is 2.77. The fraction of sp³-hybridized carbons (Fsp3) is 0.600. The normalized spacial score (nSPS) is 13.1. The number of aryl methyl sites for hydroxylation is 2. The molecule has 1 atom stereocenters. The van der Waals surface area contributed by atoms with Gasteiger partial charge in [0.05, 0.1) is 0 Å². The van der Waals surface area contributed by atoms with Crippen molar-refractivity contribution < 1.29 is 0 Å². The van der Waals surface area contributed by atoms with Gasteiger partial charge in [0, 0.05) is 0 Å². The first kappa shape index (κ1) is 13.2. The van der Waals surface area contributed by atoms with Crippen LogP contribution in [0.4, 0.5) is 0 Å². The van der Waals surface area contributed by atoms with Gasteiger partial charge in [0.25, 0.3) is 0 Å². The Kier molecular flexibility index (Phi) is 5.01. The Hall–Kier alpha value is -0.820. The number of hydrogen-bond donors (Lipinski definition) is 1. The molecular weight excluding hydrogens is 194 g/mol. The van der Waals surface area contributed by atoms with E-state index in [0.29, 0.717) is 5.92 Å². The molecule has 0 saturated carbocycles. The molecule has 90 valence electrons. The molecule has 1 rings (SSSR count). The van der Waals surface area contributed by atoms with E-state index in [1.165, 1.54) is 23.1 Å². The van der Waals surface area contributed by atoms with Crippen LogP contribution in [0.5, 0.6) is 0 Å². The molecule has 1 aromatic rings. The van der Waals surface area contributed by atoms with Crippen molar-refractivity contribution >= 4 is 0 Å². The molecule has 0 spiro atoms. The van der Waals surface area contributed by atoms with Gasteiger partial charge in [-0.3, -0.25) is 0 Å². The van der Waals surface area contributed by atoms with E-state index in [-0.39, 0.29) is 0 Å². The van der Waals surface area contributed by atoms with Crippen molar-refractivity contribution in [2.24, 2.45) is 17.6 Å². The monoisotopic (exact) mass is 219 g/mol. The third-order valence-corrected chi connectivity index (χ3v) is 3.28. The summed E-state index contributed by atoms with van der Waals surface area (Å²) in [5.74, 6) is 1.36. The summed E-state index contributed by atoms with van der Waals surface area (Å²) in [5, 5.41) is 0. The van der Waals surface area contributed by atoms with Crippen molar-refractivity contribution in [2.45, 2.75) is 40.5 Å². The van der Waals surface area contributed by atoms with Gasteiger partial charge in [-0.15, -0.1) is 0 Å². The molecule has 0 saturated heterocycles. The predicted octanol–water partition coefficient (Wildman–Crippen LogP) is 3.47. The zero-order valence-corrected chi connectivity index (χ0v) is 11.1. The summed E-state index contributed by atoms with van der Waals surface area (Å²) < 4.78 is 0. The Morgan fingerprint density at radius 3 is 2.12 bits per heavy atom. The van der Waals surface area contributed by atoms with Crippen LogP contribution < -0.4 is 5.73 Å². The zero-order chi connectivity index (χ0) is 12.1. The summed E-state index contributed by atoms with van der Waals surface area (Å²) in [4.78, 5) is 0. The highest BCUT2D eigenvalue weighted by molar-refractivity contribution is 5.33. The second kappa shape index (κ2) is 6.05. The van der Waals surface area contributed by atoms with E-state index in [0.717, 1.165) is 18.9 Å². The minimum Gasteiger partial charge on any atom is -0.330 e. The maximum atomic E-state index is 5.87. The minimum atomic E-state index is 0.625. The molecule has 2 N–H and O–H groups in total. The lowest BCUT2D eigenvalue weighted by molar-refractivity contribution is 0.414. The molecule has 0 aliphatic heterocycles. The van der Waals surface area contributed by atoms with E-state index in [1.54, 1.807) is 0 Å². The molecule has 0 bridgehead atoms. The van der Waals surface area contributed by atoms with Crippen LogP contribution in [0.2, 0.25) is 0 Å². The van der Waals surface area contributed by atoms with Crippen LogP contribution >= 0.6 is 0 Å².